The van der Waals surface area contributed by atoms with Gasteiger partial charge in [0, 0.05) is 12.1 Å². The molecule has 7 nitrogen and oxygen atoms in total. The number of carbonyl (C=O) groups is 2. The molecule has 1 aliphatic rings. The molecule has 1 atom stereocenters. The van der Waals surface area contributed by atoms with Crippen molar-refractivity contribution in [1.29, 1.82) is 0 Å². The van der Waals surface area contributed by atoms with Gasteiger partial charge in [-0.05, 0) is 75.8 Å². The third-order valence-electron chi connectivity index (χ3n) is 6.32. The molecule has 1 aliphatic heterocycles. The van der Waals surface area contributed by atoms with Crippen molar-refractivity contribution in [3.05, 3.63) is 64.2 Å². The Morgan fingerprint density at radius 3 is 2.25 bits per heavy atom. The van der Waals surface area contributed by atoms with Gasteiger partial charge < -0.3 is 24.4 Å². The molecule has 0 radical (unpaired) electrons. The number of rotatable bonds is 12. The number of aliphatic hydroxyl groups excluding tert-OH is 1. The fraction of sp³-hybridized carbons (Fsp3) is 0.429. The molecule has 1 amide bonds. The number of carbonyl (C=O) groups excluding carboxylic acids is 2. The summed E-state index contributed by atoms with van der Waals surface area (Å²) in [6.07, 6.45) is 0.706. The number of ether oxygens (including phenoxy) is 2. The summed E-state index contributed by atoms with van der Waals surface area (Å²) in [5.74, 6) is -0.414. The Morgan fingerprint density at radius 1 is 1.00 bits per heavy atom. The van der Waals surface area contributed by atoms with Crippen LogP contribution in [0, 0.1) is 0 Å². The smallest absolute Gasteiger partial charge is 0.295 e. The lowest BCUT2D eigenvalue weighted by Crippen LogP contribution is -2.33. The highest BCUT2D eigenvalue weighted by Gasteiger charge is 2.45. The van der Waals surface area contributed by atoms with E-state index >= 15 is 0 Å². The van der Waals surface area contributed by atoms with Gasteiger partial charge in [0.1, 0.15) is 17.3 Å². The molecule has 36 heavy (non-hydrogen) atoms. The van der Waals surface area contributed by atoms with Crippen molar-refractivity contribution in [2.75, 3.05) is 39.4 Å². The quantitative estimate of drug-likeness (QED) is 0.235. The zero-order valence-electron chi connectivity index (χ0n) is 21.4. The molecule has 1 N–H and O–H groups in total. The largest absolute Gasteiger partial charge is 0.507 e. The van der Waals surface area contributed by atoms with Crippen molar-refractivity contribution in [3.8, 4) is 11.5 Å². The van der Waals surface area contributed by atoms with Gasteiger partial charge in [0.05, 0.1) is 29.9 Å². The number of nitrogens with zero attached hydrogens (tertiary/aromatic N) is 2. The molecule has 0 saturated carbocycles. The third-order valence-corrected chi connectivity index (χ3v) is 6.62. The SMILES string of the molecule is CCOc1ccc(C2C(=C(O)c3ccc(OCC)c(Cl)c3)C(=O)C(=O)N2CCCN(CC)CC)cc1. The summed E-state index contributed by atoms with van der Waals surface area (Å²) in [5.41, 5.74) is 1.12. The van der Waals surface area contributed by atoms with Crippen LogP contribution in [-0.2, 0) is 9.59 Å². The van der Waals surface area contributed by atoms with Crippen LogP contribution in [0.25, 0.3) is 5.76 Å². The molecule has 0 aliphatic carbocycles. The molecule has 0 spiro atoms. The Hall–Kier alpha value is -3.03. The molecule has 0 aromatic heterocycles. The van der Waals surface area contributed by atoms with E-state index in [4.69, 9.17) is 21.1 Å². The highest BCUT2D eigenvalue weighted by molar-refractivity contribution is 6.46. The first-order valence-electron chi connectivity index (χ1n) is 12.5. The molecule has 1 heterocycles. The molecular weight excluding hydrogens is 480 g/mol. The van der Waals surface area contributed by atoms with Crippen LogP contribution in [0.3, 0.4) is 0 Å². The van der Waals surface area contributed by atoms with E-state index in [1.165, 1.54) is 0 Å². The molecule has 1 saturated heterocycles. The van der Waals surface area contributed by atoms with Crippen LogP contribution in [-0.4, -0.2) is 66.0 Å². The average Bonchev–Trinajstić information content (AvgIpc) is 3.13. The van der Waals surface area contributed by atoms with Gasteiger partial charge in [-0.2, -0.15) is 0 Å². The summed E-state index contributed by atoms with van der Waals surface area (Å²) in [5, 5.41) is 11.6. The summed E-state index contributed by atoms with van der Waals surface area (Å²) in [6.45, 7) is 11.9. The van der Waals surface area contributed by atoms with Crippen LogP contribution in [0.2, 0.25) is 5.02 Å². The molecule has 8 heteroatoms. The van der Waals surface area contributed by atoms with E-state index in [9.17, 15) is 14.7 Å². The molecule has 1 fully saturated rings. The van der Waals surface area contributed by atoms with Gasteiger partial charge in [-0.3, -0.25) is 9.59 Å². The van der Waals surface area contributed by atoms with Crippen molar-refractivity contribution in [1.82, 2.24) is 9.80 Å². The van der Waals surface area contributed by atoms with Gasteiger partial charge in [-0.15, -0.1) is 0 Å². The highest BCUT2D eigenvalue weighted by atomic mass is 35.5. The van der Waals surface area contributed by atoms with Gasteiger partial charge in [0.15, 0.2) is 0 Å². The predicted octanol–water partition coefficient (Wildman–Crippen LogP) is 5.29. The lowest BCUT2D eigenvalue weighted by atomic mass is 9.95. The number of Topliss-reactive ketones (excluding diaryl/α,β-unsaturated/α-hetero) is 1. The number of hydrogen-bond acceptors (Lipinski definition) is 6. The number of benzene rings is 2. The molecule has 194 valence electrons. The zero-order chi connectivity index (χ0) is 26.2. The Labute approximate surface area is 218 Å². The lowest BCUT2D eigenvalue weighted by molar-refractivity contribution is -0.140. The van der Waals surface area contributed by atoms with Gasteiger partial charge in [0.25, 0.3) is 11.7 Å². The number of likely N-dealkylation sites (tertiary alicyclic amines) is 1. The second kappa shape index (κ2) is 12.8. The molecule has 1 unspecified atom stereocenters. The van der Waals surface area contributed by atoms with E-state index in [2.05, 4.69) is 18.7 Å². The van der Waals surface area contributed by atoms with Crippen molar-refractivity contribution in [2.45, 2.75) is 40.2 Å². The van der Waals surface area contributed by atoms with Crippen molar-refractivity contribution >= 4 is 29.1 Å². The molecular formula is C28H35ClN2O5. The molecule has 0 bridgehead atoms. The fourth-order valence-electron chi connectivity index (χ4n) is 4.45. The van der Waals surface area contributed by atoms with E-state index in [-0.39, 0.29) is 11.3 Å². The van der Waals surface area contributed by atoms with E-state index in [1.807, 2.05) is 38.1 Å². The minimum Gasteiger partial charge on any atom is -0.507 e. The van der Waals surface area contributed by atoms with Crippen LogP contribution in [0.4, 0.5) is 0 Å². The first-order valence-corrected chi connectivity index (χ1v) is 12.9. The fourth-order valence-corrected chi connectivity index (χ4v) is 4.69. The second-order valence-electron chi connectivity index (χ2n) is 8.45. The van der Waals surface area contributed by atoms with Gasteiger partial charge >= 0.3 is 0 Å². The Bertz CT molecular complexity index is 1100. The maximum absolute atomic E-state index is 13.2. The number of hydrogen-bond donors (Lipinski definition) is 1. The van der Waals surface area contributed by atoms with E-state index in [0.29, 0.717) is 48.3 Å². The van der Waals surface area contributed by atoms with Crippen molar-refractivity contribution in [3.63, 3.8) is 0 Å². The maximum atomic E-state index is 13.2. The zero-order valence-corrected chi connectivity index (χ0v) is 22.2. The van der Waals surface area contributed by atoms with Crippen LogP contribution >= 0.6 is 11.6 Å². The molecule has 2 aromatic rings. The number of aliphatic hydroxyl groups is 1. The van der Waals surface area contributed by atoms with Gasteiger partial charge in [0.2, 0.25) is 0 Å². The average molecular weight is 515 g/mol. The van der Waals surface area contributed by atoms with Gasteiger partial charge in [-0.25, -0.2) is 0 Å². The predicted molar refractivity (Wildman–Crippen MR) is 142 cm³/mol. The van der Waals surface area contributed by atoms with Crippen LogP contribution < -0.4 is 9.47 Å². The summed E-state index contributed by atoms with van der Waals surface area (Å²) in [7, 11) is 0. The van der Waals surface area contributed by atoms with Crippen LogP contribution in [0.15, 0.2) is 48.0 Å². The Morgan fingerprint density at radius 2 is 1.67 bits per heavy atom. The van der Waals surface area contributed by atoms with Crippen molar-refractivity contribution < 1.29 is 24.2 Å². The summed E-state index contributed by atoms with van der Waals surface area (Å²) < 4.78 is 11.0. The monoisotopic (exact) mass is 514 g/mol. The van der Waals surface area contributed by atoms with Gasteiger partial charge in [-0.1, -0.05) is 37.6 Å². The van der Waals surface area contributed by atoms with E-state index in [1.54, 1.807) is 23.1 Å². The molecule has 3 rings (SSSR count). The summed E-state index contributed by atoms with van der Waals surface area (Å²) in [6, 6.07) is 11.4. The molecule has 2 aromatic carbocycles. The minimum absolute atomic E-state index is 0.0484. The number of amides is 1. The van der Waals surface area contributed by atoms with E-state index in [0.717, 1.165) is 25.2 Å². The Balaban J connectivity index is 2.03. The summed E-state index contributed by atoms with van der Waals surface area (Å²) in [4.78, 5) is 30.2. The van der Waals surface area contributed by atoms with E-state index < -0.39 is 17.7 Å². The third kappa shape index (κ3) is 6.02. The second-order valence-corrected chi connectivity index (χ2v) is 8.86. The number of halogens is 1. The standard InChI is InChI=1S/C28H35ClN2O5/c1-5-30(6-2)16-9-17-31-25(19-10-13-21(14-11-19)35-7-3)24(27(33)28(31)34)26(32)20-12-15-23(36-8-4)22(29)18-20/h10-15,18,25,32H,5-9,16-17H2,1-4H3. The first-order chi connectivity index (χ1) is 17.4. The highest BCUT2D eigenvalue weighted by Crippen LogP contribution is 2.40. The Kier molecular flexibility index (Phi) is 9.79. The van der Waals surface area contributed by atoms with Crippen LogP contribution in [0.1, 0.15) is 51.3 Å². The first kappa shape index (κ1) is 27.6. The summed E-state index contributed by atoms with van der Waals surface area (Å²) >= 11 is 6.34. The normalized spacial score (nSPS) is 17.2. The van der Waals surface area contributed by atoms with Crippen LogP contribution in [0.5, 0.6) is 11.5 Å². The lowest BCUT2D eigenvalue weighted by Gasteiger charge is -2.27. The topological polar surface area (TPSA) is 79.3 Å². The van der Waals surface area contributed by atoms with Crippen molar-refractivity contribution in [2.24, 2.45) is 0 Å². The minimum atomic E-state index is -0.720. The number of ketones is 1. The maximum Gasteiger partial charge on any atom is 0.295 e.